The maximum Gasteiger partial charge on any atom is 0.118 e. The number of ether oxygens (including phenoxy) is 1. The van der Waals surface area contributed by atoms with Gasteiger partial charge in [0.15, 0.2) is 0 Å². The van der Waals surface area contributed by atoms with Crippen LogP contribution < -0.4 is 4.74 Å². The van der Waals surface area contributed by atoms with Crippen LogP contribution >= 0.6 is 0 Å². The maximum atomic E-state index is 5.25. The van der Waals surface area contributed by atoms with Gasteiger partial charge in [-0.25, -0.2) is 0 Å². The topological polar surface area (TPSA) is 9.23 Å². The van der Waals surface area contributed by atoms with Crippen molar-refractivity contribution in [1.82, 2.24) is 0 Å². The largest absolute Gasteiger partial charge is 0.497 e. The molecule has 1 atom stereocenters. The lowest BCUT2D eigenvalue weighted by Gasteiger charge is -2.53. The van der Waals surface area contributed by atoms with Crippen molar-refractivity contribution in [3.05, 3.63) is 29.8 Å². The normalized spacial score (nSPS) is 13.8. The molecule has 0 saturated carbocycles. The monoisotopic (exact) mass is 358 g/mol. The summed E-state index contributed by atoms with van der Waals surface area (Å²) in [5, 5.41) is 0.635. The molecule has 0 aliphatic rings. The molecule has 0 aliphatic carbocycles. The third-order valence-corrected chi connectivity index (χ3v) is 14.2. The van der Waals surface area contributed by atoms with Crippen LogP contribution in [0.25, 0.3) is 0 Å². The molecule has 1 rings (SSSR count). The van der Waals surface area contributed by atoms with Gasteiger partial charge in [-0.2, -0.15) is 0 Å². The van der Waals surface area contributed by atoms with E-state index in [-0.39, 0.29) is 0 Å². The Morgan fingerprint density at radius 1 is 1.00 bits per heavy atom. The van der Waals surface area contributed by atoms with E-state index in [9.17, 15) is 0 Å². The summed E-state index contributed by atoms with van der Waals surface area (Å²) >= 11 is 0. The Labute approximate surface area is 157 Å². The highest BCUT2D eigenvalue weighted by Gasteiger charge is 2.53. The molecule has 1 nitrogen and oxygen atoms in total. The third kappa shape index (κ3) is 5.14. The number of hydrogen-bond donors (Lipinski definition) is 0. The molecule has 1 aromatic carbocycles. The van der Waals surface area contributed by atoms with Gasteiger partial charge in [-0.15, -0.1) is 0 Å². The Bertz CT molecular complexity index is 576. The van der Waals surface area contributed by atoms with Crippen LogP contribution in [0.5, 0.6) is 5.75 Å². The first kappa shape index (κ1) is 21.8. The van der Waals surface area contributed by atoms with Crippen LogP contribution in [0.4, 0.5) is 0 Å². The molecule has 2 heteroatoms. The molecular formula is C23H38OSi. The Kier molecular flexibility index (Phi) is 7.38. The highest BCUT2D eigenvalue weighted by molar-refractivity contribution is 6.85. The SMILES string of the molecule is CCCCC(C#Cc1ccc(OC)cc1)[Si](C)(C(C)(C)C)C(C)(C)C. The maximum absolute atomic E-state index is 5.25. The minimum Gasteiger partial charge on any atom is -0.497 e. The van der Waals surface area contributed by atoms with Crippen molar-refractivity contribution in [2.45, 2.75) is 89.9 Å². The first-order valence-corrected chi connectivity index (χ1v) is 12.2. The molecule has 140 valence electrons. The molecule has 0 aliphatic heterocycles. The fourth-order valence-electron chi connectivity index (χ4n) is 3.93. The fraction of sp³-hybridized carbons (Fsp3) is 0.652. The Hall–Kier alpha value is -1.20. The predicted molar refractivity (Wildman–Crippen MR) is 114 cm³/mol. The van der Waals surface area contributed by atoms with E-state index in [1.807, 2.05) is 12.1 Å². The standard InChI is InChI=1S/C23H38OSi/c1-10-11-12-21(25(9,22(2,3)4)23(5,6)7)18-15-19-13-16-20(24-8)17-14-19/h13-14,16-17,21H,10-12H2,1-9H3. The number of unbranched alkanes of at least 4 members (excludes halogenated alkanes) is 1. The summed E-state index contributed by atoms with van der Waals surface area (Å²) in [5.41, 5.74) is 1.59. The lowest BCUT2D eigenvalue weighted by Crippen LogP contribution is -2.52. The molecule has 1 unspecified atom stereocenters. The molecule has 0 radical (unpaired) electrons. The second-order valence-corrected chi connectivity index (χ2v) is 15.5. The second kappa shape index (κ2) is 8.45. The van der Waals surface area contributed by atoms with Gasteiger partial charge in [0, 0.05) is 11.1 Å². The molecule has 25 heavy (non-hydrogen) atoms. The molecule has 0 heterocycles. The van der Waals surface area contributed by atoms with Gasteiger partial charge in [0.1, 0.15) is 5.75 Å². The second-order valence-electron chi connectivity index (χ2n) is 9.40. The van der Waals surface area contributed by atoms with E-state index < -0.39 is 8.07 Å². The Balaban J connectivity index is 3.29. The zero-order chi connectivity index (χ0) is 19.3. The summed E-state index contributed by atoms with van der Waals surface area (Å²) in [6, 6.07) is 8.12. The number of benzene rings is 1. The van der Waals surface area contributed by atoms with E-state index in [2.05, 4.69) is 79.0 Å². The highest BCUT2D eigenvalue weighted by atomic mass is 28.3. The van der Waals surface area contributed by atoms with E-state index in [0.29, 0.717) is 15.6 Å². The van der Waals surface area contributed by atoms with E-state index >= 15 is 0 Å². The van der Waals surface area contributed by atoms with Crippen LogP contribution in [0.3, 0.4) is 0 Å². The summed E-state index contributed by atoms with van der Waals surface area (Å²) in [6.07, 6.45) is 3.72. The zero-order valence-electron chi connectivity index (χ0n) is 17.9. The van der Waals surface area contributed by atoms with E-state index in [1.165, 1.54) is 19.3 Å². The van der Waals surface area contributed by atoms with Gasteiger partial charge in [0.2, 0.25) is 0 Å². The molecule has 0 spiro atoms. The number of hydrogen-bond acceptors (Lipinski definition) is 1. The molecule has 0 saturated heterocycles. The molecular weight excluding hydrogens is 320 g/mol. The minimum atomic E-state index is -1.69. The summed E-state index contributed by atoms with van der Waals surface area (Å²) in [7, 11) is 0.0104. The summed E-state index contributed by atoms with van der Waals surface area (Å²) in [4.78, 5) is 0. The molecule has 1 aromatic rings. The van der Waals surface area contributed by atoms with Gasteiger partial charge in [-0.3, -0.25) is 0 Å². The van der Waals surface area contributed by atoms with Crippen LogP contribution in [0.2, 0.25) is 22.2 Å². The molecule has 0 fully saturated rings. The number of rotatable bonds is 5. The zero-order valence-corrected chi connectivity index (χ0v) is 18.9. The van der Waals surface area contributed by atoms with Crippen molar-refractivity contribution >= 4 is 8.07 Å². The average molecular weight is 359 g/mol. The molecule has 0 N–H and O–H groups in total. The van der Waals surface area contributed by atoms with Gasteiger partial charge < -0.3 is 4.74 Å². The Morgan fingerprint density at radius 3 is 1.92 bits per heavy atom. The molecule has 0 bridgehead atoms. The minimum absolute atomic E-state index is 0.318. The lowest BCUT2D eigenvalue weighted by atomic mass is 10.1. The molecule has 0 aromatic heterocycles. The van der Waals surface area contributed by atoms with Crippen LogP contribution in [0.15, 0.2) is 24.3 Å². The van der Waals surface area contributed by atoms with Crippen LogP contribution in [0, 0.1) is 11.8 Å². The average Bonchev–Trinajstić information content (AvgIpc) is 2.52. The van der Waals surface area contributed by atoms with E-state index in [4.69, 9.17) is 4.74 Å². The molecule has 0 amide bonds. The van der Waals surface area contributed by atoms with Crippen molar-refractivity contribution in [2.24, 2.45) is 0 Å². The van der Waals surface area contributed by atoms with Gasteiger partial charge in [0.05, 0.1) is 15.2 Å². The lowest BCUT2D eigenvalue weighted by molar-refractivity contribution is 0.415. The fourth-order valence-corrected chi connectivity index (χ4v) is 9.41. The van der Waals surface area contributed by atoms with Crippen molar-refractivity contribution in [2.75, 3.05) is 7.11 Å². The third-order valence-electron chi connectivity index (χ3n) is 6.14. The summed E-state index contributed by atoms with van der Waals surface area (Å²) < 4.78 is 5.25. The van der Waals surface area contributed by atoms with Gasteiger partial charge in [-0.1, -0.05) is 79.7 Å². The van der Waals surface area contributed by atoms with Crippen LogP contribution in [0.1, 0.15) is 73.3 Å². The van der Waals surface area contributed by atoms with Crippen molar-refractivity contribution < 1.29 is 4.74 Å². The van der Waals surface area contributed by atoms with Crippen molar-refractivity contribution in [1.29, 1.82) is 0 Å². The smallest absolute Gasteiger partial charge is 0.118 e. The summed E-state index contributed by atoms with van der Waals surface area (Å²) in [5.74, 6) is 8.10. The van der Waals surface area contributed by atoms with Gasteiger partial charge in [-0.05, 0) is 40.8 Å². The van der Waals surface area contributed by atoms with Crippen LogP contribution in [-0.2, 0) is 0 Å². The van der Waals surface area contributed by atoms with Gasteiger partial charge >= 0.3 is 0 Å². The van der Waals surface area contributed by atoms with Gasteiger partial charge in [0.25, 0.3) is 0 Å². The quantitative estimate of drug-likeness (QED) is 0.397. The highest BCUT2D eigenvalue weighted by Crippen LogP contribution is 2.57. The number of methoxy groups -OCH3 is 1. The first-order chi connectivity index (χ1) is 11.5. The van der Waals surface area contributed by atoms with E-state index in [0.717, 1.165) is 11.3 Å². The van der Waals surface area contributed by atoms with Crippen molar-refractivity contribution in [3.8, 4) is 17.6 Å². The van der Waals surface area contributed by atoms with Crippen molar-refractivity contribution in [3.63, 3.8) is 0 Å². The van der Waals surface area contributed by atoms with Crippen LogP contribution in [-0.4, -0.2) is 15.2 Å². The summed E-state index contributed by atoms with van der Waals surface area (Å²) in [6.45, 7) is 19.4. The first-order valence-electron chi connectivity index (χ1n) is 9.63. The Morgan fingerprint density at radius 2 is 1.52 bits per heavy atom. The predicted octanol–water partition coefficient (Wildman–Crippen LogP) is 7.29. The van der Waals surface area contributed by atoms with E-state index in [1.54, 1.807) is 7.11 Å².